The summed E-state index contributed by atoms with van der Waals surface area (Å²) < 4.78 is 0. The first-order valence-corrected chi connectivity index (χ1v) is 5.24. The molecule has 0 saturated carbocycles. The van der Waals surface area contributed by atoms with Crippen LogP contribution in [0.1, 0.15) is 40.4 Å². The van der Waals surface area contributed by atoms with Gasteiger partial charge in [-0.1, -0.05) is 12.1 Å². The molecule has 0 atom stereocenters. The molecule has 0 aliphatic heterocycles. The third-order valence-corrected chi connectivity index (χ3v) is 2.57. The molecular formula is C13H16O3Y. The van der Waals surface area contributed by atoms with E-state index in [4.69, 9.17) is 5.11 Å². The predicted molar refractivity (Wildman–Crippen MR) is 61.9 cm³/mol. The van der Waals surface area contributed by atoms with Crippen molar-refractivity contribution in [2.45, 2.75) is 33.6 Å². The van der Waals surface area contributed by atoms with E-state index in [-0.39, 0.29) is 44.9 Å². The van der Waals surface area contributed by atoms with Crippen LogP contribution in [-0.2, 0) is 43.9 Å². The Balaban J connectivity index is 0.00000256. The van der Waals surface area contributed by atoms with E-state index in [0.29, 0.717) is 6.42 Å². The van der Waals surface area contributed by atoms with Crippen LogP contribution in [0.4, 0.5) is 0 Å². The Morgan fingerprint density at radius 2 is 1.65 bits per heavy atom. The summed E-state index contributed by atoms with van der Waals surface area (Å²) in [4.78, 5) is 21.8. The summed E-state index contributed by atoms with van der Waals surface area (Å²) in [5, 5.41) is 8.60. The summed E-state index contributed by atoms with van der Waals surface area (Å²) in [6.45, 7) is 5.31. The molecule has 0 fully saturated rings. The second-order valence-electron chi connectivity index (χ2n) is 4.05. The van der Waals surface area contributed by atoms with Crippen molar-refractivity contribution in [3.63, 3.8) is 0 Å². The first-order valence-electron chi connectivity index (χ1n) is 5.24. The van der Waals surface area contributed by atoms with Gasteiger partial charge >= 0.3 is 5.97 Å². The number of ketones is 1. The van der Waals surface area contributed by atoms with Gasteiger partial charge in [-0.15, -0.1) is 0 Å². The van der Waals surface area contributed by atoms with Crippen LogP contribution < -0.4 is 0 Å². The SMILES string of the molecule is CC(=O)c1c(C)cc(CCC(=O)O)cc1C.[Y]. The second-order valence-corrected chi connectivity index (χ2v) is 4.05. The molecule has 1 aromatic carbocycles. The third-order valence-electron chi connectivity index (χ3n) is 2.57. The average Bonchev–Trinajstić information content (AvgIpc) is 2.12. The molecule has 0 aliphatic carbocycles. The van der Waals surface area contributed by atoms with Crippen molar-refractivity contribution >= 4 is 11.8 Å². The topological polar surface area (TPSA) is 54.4 Å². The second kappa shape index (κ2) is 7.02. The maximum Gasteiger partial charge on any atom is 0.303 e. The third kappa shape index (κ3) is 4.68. The molecule has 0 spiro atoms. The van der Waals surface area contributed by atoms with Gasteiger partial charge < -0.3 is 5.11 Å². The first-order chi connectivity index (χ1) is 7.41. The van der Waals surface area contributed by atoms with Crippen LogP contribution in [0.3, 0.4) is 0 Å². The predicted octanol–water partition coefficient (Wildman–Crippen LogP) is 2.52. The molecule has 89 valence electrons. The molecule has 0 heterocycles. The van der Waals surface area contributed by atoms with E-state index in [9.17, 15) is 9.59 Å². The number of Topliss-reactive ketones (excluding diaryl/α,β-unsaturated/α-hetero) is 1. The van der Waals surface area contributed by atoms with E-state index in [1.807, 2.05) is 26.0 Å². The van der Waals surface area contributed by atoms with Gasteiger partial charge in [-0.2, -0.15) is 0 Å². The number of benzene rings is 1. The number of hydrogen-bond acceptors (Lipinski definition) is 2. The smallest absolute Gasteiger partial charge is 0.303 e. The quantitative estimate of drug-likeness (QED) is 0.870. The number of carbonyl (C=O) groups is 2. The number of hydrogen-bond donors (Lipinski definition) is 1. The zero-order chi connectivity index (χ0) is 12.3. The molecule has 0 unspecified atom stereocenters. The number of aliphatic carboxylic acids is 1. The van der Waals surface area contributed by atoms with E-state index in [1.54, 1.807) is 6.92 Å². The monoisotopic (exact) mass is 309 g/mol. The minimum Gasteiger partial charge on any atom is -0.481 e. The van der Waals surface area contributed by atoms with Crippen molar-refractivity contribution in [2.24, 2.45) is 0 Å². The minimum absolute atomic E-state index is 0. The van der Waals surface area contributed by atoms with Crippen molar-refractivity contribution < 1.29 is 47.4 Å². The molecule has 1 radical (unpaired) electrons. The van der Waals surface area contributed by atoms with Gasteiger partial charge in [0, 0.05) is 44.7 Å². The summed E-state index contributed by atoms with van der Waals surface area (Å²) >= 11 is 0. The van der Waals surface area contributed by atoms with Gasteiger partial charge in [-0.3, -0.25) is 9.59 Å². The summed E-state index contributed by atoms with van der Waals surface area (Å²) in [7, 11) is 0. The Bertz CT molecular complexity index is 415. The molecule has 4 heteroatoms. The normalized spacial score (nSPS) is 9.59. The molecule has 3 nitrogen and oxygen atoms in total. The van der Waals surface area contributed by atoms with E-state index in [0.717, 1.165) is 22.3 Å². The number of carboxylic acid groups (broad SMARTS) is 1. The summed E-state index contributed by atoms with van der Waals surface area (Å²) in [6.07, 6.45) is 0.632. The molecule has 0 aromatic heterocycles. The number of carbonyl (C=O) groups excluding carboxylic acids is 1. The largest absolute Gasteiger partial charge is 0.481 e. The molecule has 0 aliphatic rings. The molecule has 1 rings (SSSR count). The first kappa shape index (κ1) is 16.5. The zero-order valence-electron chi connectivity index (χ0n) is 10.4. The van der Waals surface area contributed by atoms with E-state index in [1.165, 1.54) is 0 Å². The van der Waals surface area contributed by atoms with Crippen molar-refractivity contribution in [2.75, 3.05) is 0 Å². The molecule has 0 bridgehead atoms. The number of rotatable bonds is 4. The van der Waals surface area contributed by atoms with Crippen LogP contribution in [0.25, 0.3) is 0 Å². The van der Waals surface area contributed by atoms with Gasteiger partial charge in [0.1, 0.15) is 0 Å². The van der Waals surface area contributed by atoms with E-state index < -0.39 is 5.97 Å². The van der Waals surface area contributed by atoms with Crippen LogP contribution in [0.5, 0.6) is 0 Å². The van der Waals surface area contributed by atoms with Gasteiger partial charge in [0.2, 0.25) is 0 Å². The van der Waals surface area contributed by atoms with Crippen molar-refractivity contribution in [3.8, 4) is 0 Å². The fourth-order valence-electron chi connectivity index (χ4n) is 2.00. The standard InChI is InChI=1S/C13H16O3.Y/c1-8-6-11(4-5-12(15)16)7-9(2)13(8)10(3)14;/h6-7H,4-5H2,1-3H3,(H,15,16);. The van der Waals surface area contributed by atoms with Crippen molar-refractivity contribution in [1.29, 1.82) is 0 Å². The summed E-state index contributed by atoms with van der Waals surface area (Å²) in [5.41, 5.74) is 3.57. The minimum atomic E-state index is -0.800. The van der Waals surface area contributed by atoms with Crippen LogP contribution in [-0.4, -0.2) is 16.9 Å². The van der Waals surface area contributed by atoms with Crippen LogP contribution >= 0.6 is 0 Å². The van der Waals surface area contributed by atoms with Gasteiger partial charge in [0.15, 0.2) is 5.78 Å². The molecule has 1 N–H and O–H groups in total. The van der Waals surface area contributed by atoms with Crippen LogP contribution in [0.2, 0.25) is 0 Å². The van der Waals surface area contributed by atoms with Gasteiger partial charge in [0.05, 0.1) is 0 Å². The van der Waals surface area contributed by atoms with Crippen LogP contribution in [0.15, 0.2) is 12.1 Å². The van der Waals surface area contributed by atoms with Gasteiger partial charge in [0.25, 0.3) is 0 Å². The Kier molecular flexibility index (Phi) is 6.80. The molecule has 0 saturated heterocycles. The summed E-state index contributed by atoms with van der Waals surface area (Å²) in [5.74, 6) is -0.745. The molecular weight excluding hydrogens is 293 g/mol. The molecule has 17 heavy (non-hydrogen) atoms. The summed E-state index contributed by atoms with van der Waals surface area (Å²) in [6, 6.07) is 3.79. The zero-order valence-corrected chi connectivity index (χ0v) is 13.2. The maximum absolute atomic E-state index is 11.4. The fourth-order valence-corrected chi connectivity index (χ4v) is 2.00. The van der Waals surface area contributed by atoms with Gasteiger partial charge in [-0.25, -0.2) is 0 Å². The van der Waals surface area contributed by atoms with Gasteiger partial charge in [-0.05, 0) is 43.9 Å². The Labute approximate surface area is 126 Å². The van der Waals surface area contributed by atoms with E-state index in [2.05, 4.69) is 0 Å². The van der Waals surface area contributed by atoms with Crippen molar-refractivity contribution in [1.82, 2.24) is 0 Å². The maximum atomic E-state index is 11.4. The van der Waals surface area contributed by atoms with E-state index >= 15 is 0 Å². The fraction of sp³-hybridized carbons (Fsp3) is 0.385. The Morgan fingerprint density at radius 3 is 2.00 bits per heavy atom. The number of aryl methyl sites for hydroxylation is 3. The van der Waals surface area contributed by atoms with Crippen LogP contribution in [0, 0.1) is 13.8 Å². The molecule has 1 aromatic rings. The Hall–Kier alpha value is -0.536. The average molecular weight is 309 g/mol. The Morgan fingerprint density at radius 1 is 1.18 bits per heavy atom. The molecule has 0 amide bonds. The number of carboxylic acids is 1. The van der Waals surface area contributed by atoms with Crippen molar-refractivity contribution in [3.05, 3.63) is 34.4 Å².